The fraction of sp³-hybridized carbons (Fsp3) is 0.417. The van der Waals surface area contributed by atoms with Crippen LogP contribution in [-0.4, -0.2) is 26.2 Å². The van der Waals surface area contributed by atoms with Gasteiger partial charge in [-0.25, -0.2) is 0 Å². The highest BCUT2D eigenvalue weighted by atomic mass is 79.9. The third kappa shape index (κ3) is 4.66. The summed E-state index contributed by atoms with van der Waals surface area (Å²) in [5.41, 5.74) is 0.589. The molecule has 3 nitrogen and oxygen atoms in total. The Bertz CT molecular complexity index is 398. The Kier molecular flexibility index (Phi) is 5.95. The van der Waals surface area contributed by atoms with E-state index in [0.29, 0.717) is 29.7 Å². The van der Waals surface area contributed by atoms with E-state index in [4.69, 9.17) is 16.3 Å². The van der Waals surface area contributed by atoms with Crippen LogP contribution in [0, 0.1) is 5.92 Å². The average Bonchev–Trinajstić information content (AvgIpc) is 2.30. The number of ether oxygens (including phenoxy) is 1. The molecule has 0 fully saturated rings. The molecule has 1 aromatic carbocycles. The first-order chi connectivity index (χ1) is 8.04. The number of rotatable bonds is 5. The summed E-state index contributed by atoms with van der Waals surface area (Å²) in [7, 11) is 1.65. The Balaban J connectivity index is 2.55. The highest BCUT2D eigenvalue weighted by Gasteiger charge is 2.09. The van der Waals surface area contributed by atoms with Crippen molar-refractivity contribution in [3.05, 3.63) is 33.3 Å². The maximum absolute atomic E-state index is 11.8. The third-order valence-electron chi connectivity index (χ3n) is 2.24. The number of carbonyl (C=O) groups is 1. The van der Waals surface area contributed by atoms with Gasteiger partial charge in [-0.15, -0.1) is 0 Å². The number of benzene rings is 1. The summed E-state index contributed by atoms with van der Waals surface area (Å²) in [5.74, 6) is 0.185. The smallest absolute Gasteiger partial charge is 0.251 e. The van der Waals surface area contributed by atoms with Crippen LogP contribution in [0.2, 0.25) is 5.02 Å². The number of halogens is 2. The molecule has 1 aromatic rings. The molecule has 0 spiro atoms. The molecule has 1 atom stereocenters. The zero-order valence-corrected chi connectivity index (χ0v) is 12.1. The highest BCUT2D eigenvalue weighted by Crippen LogP contribution is 2.23. The zero-order chi connectivity index (χ0) is 12.8. The molecule has 0 aliphatic carbocycles. The van der Waals surface area contributed by atoms with Crippen LogP contribution in [0.1, 0.15) is 17.3 Å². The van der Waals surface area contributed by atoms with E-state index in [-0.39, 0.29) is 5.91 Å². The van der Waals surface area contributed by atoms with E-state index in [1.807, 2.05) is 6.92 Å². The van der Waals surface area contributed by atoms with Crippen molar-refractivity contribution in [2.75, 3.05) is 20.3 Å². The first-order valence-electron chi connectivity index (χ1n) is 5.26. The lowest BCUT2D eigenvalue weighted by Crippen LogP contribution is -2.29. The maximum atomic E-state index is 11.8. The van der Waals surface area contributed by atoms with Crippen LogP contribution in [0.4, 0.5) is 0 Å². The van der Waals surface area contributed by atoms with E-state index in [0.717, 1.165) is 4.47 Å². The van der Waals surface area contributed by atoms with E-state index in [1.54, 1.807) is 25.3 Å². The minimum atomic E-state index is -0.106. The molecule has 0 aliphatic rings. The zero-order valence-electron chi connectivity index (χ0n) is 9.80. The molecule has 1 amide bonds. The lowest BCUT2D eigenvalue weighted by atomic mass is 10.1. The second kappa shape index (κ2) is 6.99. The van der Waals surface area contributed by atoms with Crippen molar-refractivity contribution in [1.29, 1.82) is 0 Å². The van der Waals surface area contributed by atoms with Crippen molar-refractivity contribution in [3.63, 3.8) is 0 Å². The largest absolute Gasteiger partial charge is 0.384 e. The summed E-state index contributed by atoms with van der Waals surface area (Å²) in [5, 5.41) is 3.44. The topological polar surface area (TPSA) is 38.3 Å². The van der Waals surface area contributed by atoms with Crippen molar-refractivity contribution in [1.82, 2.24) is 5.32 Å². The van der Waals surface area contributed by atoms with Gasteiger partial charge in [-0.2, -0.15) is 0 Å². The molecule has 1 unspecified atom stereocenters. The van der Waals surface area contributed by atoms with Crippen LogP contribution in [0.3, 0.4) is 0 Å². The maximum Gasteiger partial charge on any atom is 0.251 e. The summed E-state index contributed by atoms with van der Waals surface area (Å²) < 4.78 is 5.72. The third-order valence-corrected chi connectivity index (χ3v) is 3.46. The van der Waals surface area contributed by atoms with Crippen molar-refractivity contribution in [3.8, 4) is 0 Å². The van der Waals surface area contributed by atoms with Gasteiger partial charge >= 0.3 is 0 Å². The summed E-state index contributed by atoms with van der Waals surface area (Å²) >= 11 is 9.15. The first-order valence-corrected chi connectivity index (χ1v) is 6.44. The van der Waals surface area contributed by atoms with E-state index >= 15 is 0 Å². The molecule has 5 heteroatoms. The summed E-state index contributed by atoms with van der Waals surface area (Å²) in [6, 6.07) is 5.10. The van der Waals surface area contributed by atoms with Crippen molar-refractivity contribution in [2.45, 2.75) is 6.92 Å². The number of amides is 1. The van der Waals surface area contributed by atoms with Crippen molar-refractivity contribution in [2.24, 2.45) is 5.92 Å². The fourth-order valence-corrected chi connectivity index (χ4v) is 1.85. The van der Waals surface area contributed by atoms with Gasteiger partial charge in [0.25, 0.3) is 5.91 Å². The van der Waals surface area contributed by atoms with Gasteiger partial charge in [0, 0.05) is 23.7 Å². The van der Waals surface area contributed by atoms with E-state index in [9.17, 15) is 4.79 Å². The Morgan fingerprint density at radius 2 is 2.29 bits per heavy atom. The molecular formula is C12H15BrClNO2. The Hall–Kier alpha value is -0.580. The molecule has 0 aromatic heterocycles. The predicted molar refractivity (Wildman–Crippen MR) is 72.5 cm³/mol. The van der Waals surface area contributed by atoms with Gasteiger partial charge in [-0.1, -0.05) is 18.5 Å². The Morgan fingerprint density at radius 1 is 1.59 bits per heavy atom. The number of hydrogen-bond acceptors (Lipinski definition) is 2. The van der Waals surface area contributed by atoms with Crippen LogP contribution in [0.5, 0.6) is 0 Å². The molecule has 1 N–H and O–H groups in total. The molecule has 0 radical (unpaired) electrons. The second-order valence-electron chi connectivity index (χ2n) is 3.90. The van der Waals surface area contributed by atoms with E-state index in [2.05, 4.69) is 21.2 Å². The summed E-state index contributed by atoms with van der Waals surface area (Å²) in [6.45, 7) is 3.24. The summed E-state index contributed by atoms with van der Waals surface area (Å²) in [4.78, 5) is 11.8. The number of hydrogen-bond donors (Lipinski definition) is 1. The lowest BCUT2D eigenvalue weighted by Gasteiger charge is -2.11. The van der Waals surface area contributed by atoms with Gasteiger partial charge in [0.1, 0.15) is 0 Å². The predicted octanol–water partition coefficient (Wildman–Crippen LogP) is 3.11. The Morgan fingerprint density at radius 3 is 2.88 bits per heavy atom. The van der Waals surface area contributed by atoms with Crippen LogP contribution in [0.25, 0.3) is 0 Å². The molecule has 17 heavy (non-hydrogen) atoms. The number of nitrogens with one attached hydrogen (secondary N) is 1. The van der Waals surface area contributed by atoms with E-state index < -0.39 is 0 Å². The molecule has 0 saturated carbocycles. The number of carbonyl (C=O) groups excluding carboxylic acids is 1. The molecule has 94 valence electrons. The fourth-order valence-electron chi connectivity index (χ4n) is 1.35. The number of methoxy groups -OCH3 is 1. The first kappa shape index (κ1) is 14.5. The highest BCUT2D eigenvalue weighted by molar-refractivity contribution is 9.10. The normalized spacial score (nSPS) is 12.2. The van der Waals surface area contributed by atoms with Crippen LogP contribution in [-0.2, 0) is 4.74 Å². The van der Waals surface area contributed by atoms with Gasteiger partial charge in [0.2, 0.25) is 0 Å². The molecule has 1 rings (SSSR count). The van der Waals surface area contributed by atoms with Gasteiger partial charge in [0.05, 0.1) is 11.6 Å². The quantitative estimate of drug-likeness (QED) is 0.905. The van der Waals surface area contributed by atoms with Gasteiger partial charge < -0.3 is 10.1 Å². The standard InChI is InChI=1S/C12H15BrClNO2/c1-8(7-17-2)6-15-12(16)9-3-4-11(14)10(13)5-9/h3-5,8H,6-7H2,1-2H3,(H,15,16). The van der Waals surface area contributed by atoms with Crippen LogP contribution >= 0.6 is 27.5 Å². The Labute approximate surface area is 115 Å². The monoisotopic (exact) mass is 319 g/mol. The average molecular weight is 321 g/mol. The molecule has 0 saturated heterocycles. The molecular weight excluding hydrogens is 305 g/mol. The van der Waals surface area contributed by atoms with Gasteiger partial charge in [-0.05, 0) is 40.0 Å². The molecule has 0 bridgehead atoms. The van der Waals surface area contributed by atoms with Crippen molar-refractivity contribution < 1.29 is 9.53 Å². The van der Waals surface area contributed by atoms with E-state index in [1.165, 1.54) is 0 Å². The van der Waals surface area contributed by atoms with Gasteiger partial charge in [-0.3, -0.25) is 4.79 Å². The second-order valence-corrected chi connectivity index (χ2v) is 5.16. The van der Waals surface area contributed by atoms with Crippen molar-refractivity contribution >= 4 is 33.4 Å². The lowest BCUT2D eigenvalue weighted by molar-refractivity contribution is 0.0934. The van der Waals surface area contributed by atoms with Crippen LogP contribution < -0.4 is 5.32 Å². The minimum absolute atomic E-state index is 0.106. The molecule has 0 aliphatic heterocycles. The summed E-state index contributed by atoms with van der Waals surface area (Å²) in [6.07, 6.45) is 0. The molecule has 0 heterocycles. The van der Waals surface area contributed by atoms with Crippen LogP contribution in [0.15, 0.2) is 22.7 Å². The SMILES string of the molecule is COCC(C)CNC(=O)c1ccc(Cl)c(Br)c1. The minimum Gasteiger partial charge on any atom is -0.384 e. The van der Waals surface area contributed by atoms with Gasteiger partial charge in [0.15, 0.2) is 0 Å².